The fraction of sp³-hybridized carbons (Fsp3) is 0.211. The van der Waals surface area contributed by atoms with Crippen molar-refractivity contribution in [2.75, 3.05) is 10.6 Å². The number of nitrogens with zero attached hydrogens (tertiary/aromatic N) is 1. The number of hydrogen-bond acceptors (Lipinski definition) is 3. The summed E-state index contributed by atoms with van der Waals surface area (Å²) in [6.45, 7) is 5.40. The maximum atomic E-state index is 12.4. The van der Waals surface area contributed by atoms with Crippen LogP contribution in [0.1, 0.15) is 40.1 Å². The van der Waals surface area contributed by atoms with E-state index in [1.54, 1.807) is 44.2 Å². The van der Waals surface area contributed by atoms with Crippen LogP contribution in [0.4, 0.5) is 16.2 Å². The fourth-order valence-corrected chi connectivity index (χ4v) is 3.08. The molecule has 2 N–H and O–H groups in total. The third-order valence-corrected chi connectivity index (χ3v) is 4.36. The van der Waals surface area contributed by atoms with Gasteiger partial charge in [0, 0.05) is 22.4 Å². The minimum absolute atomic E-state index is 0.227. The summed E-state index contributed by atoms with van der Waals surface area (Å²) < 4.78 is 0. The lowest BCUT2D eigenvalue weighted by Gasteiger charge is -2.17. The number of aryl methyl sites for hydroxylation is 1. The highest BCUT2D eigenvalue weighted by Gasteiger charge is 2.37. The number of amides is 4. The van der Waals surface area contributed by atoms with Crippen LogP contribution in [0.5, 0.6) is 0 Å². The Kier molecular flexibility index (Phi) is 4.70. The van der Waals surface area contributed by atoms with Gasteiger partial charge in [0.1, 0.15) is 0 Å². The number of imide groups is 1. The number of benzene rings is 2. The van der Waals surface area contributed by atoms with Crippen LogP contribution in [0.15, 0.2) is 36.4 Å². The van der Waals surface area contributed by atoms with E-state index in [2.05, 4.69) is 10.6 Å². The van der Waals surface area contributed by atoms with Crippen molar-refractivity contribution in [3.63, 3.8) is 0 Å². The van der Waals surface area contributed by atoms with Crippen molar-refractivity contribution < 1.29 is 14.4 Å². The molecule has 3 rings (SSSR count). The largest absolute Gasteiger partial charge is 0.323 e. The average molecular weight is 372 g/mol. The average Bonchev–Trinajstić information content (AvgIpc) is 2.81. The number of halogens is 1. The molecule has 6 nitrogen and oxygen atoms in total. The number of anilines is 2. The van der Waals surface area contributed by atoms with Gasteiger partial charge >= 0.3 is 6.03 Å². The van der Waals surface area contributed by atoms with Gasteiger partial charge in [-0.2, -0.15) is 0 Å². The molecule has 4 amide bonds. The zero-order valence-electron chi connectivity index (χ0n) is 14.6. The maximum absolute atomic E-state index is 12.4. The van der Waals surface area contributed by atoms with E-state index >= 15 is 0 Å². The molecule has 7 heteroatoms. The van der Waals surface area contributed by atoms with Gasteiger partial charge in [-0.05, 0) is 62.7 Å². The molecule has 0 aliphatic carbocycles. The lowest BCUT2D eigenvalue weighted by Crippen LogP contribution is -2.35. The third kappa shape index (κ3) is 3.28. The summed E-state index contributed by atoms with van der Waals surface area (Å²) in [4.78, 5) is 38.1. The Bertz CT molecular complexity index is 924. The first kappa shape index (κ1) is 17.9. The Morgan fingerprint density at radius 3 is 2.35 bits per heavy atom. The maximum Gasteiger partial charge on any atom is 0.323 e. The molecular formula is C19H18ClN3O3. The first-order valence-corrected chi connectivity index (χ1v) is 8.52. The van der Waals surface area contributed by atoms with Gasteiger partial charge < -0.3 is 10.6 Å². The van der Waals surface area contributed by atoms with Gasteiger partial charge in [-0.15, -0.1) is 0 Å². The Hall–Kier alpha value is -2.86. The van der Waals surface area contributed by atoms with Gasteiger partial charge in [0.2, 0.25) is 0 Å². The van der Waals surface area contributed by atoms with Crippen molar-refractivity contribution in [1.29, 1.82) is 0 Å². The molecule has 0 fully saturated rings. The SMILES string of the molecule is Cc1cc(Cl)ccc1NC(=O)Nc1ccc2c(c1)C(=O)N(C(C)C)C2=O. The Labute approximate surface area is 156 Å². The van der Waals surface area contributed by atoms with E-state index in [1.807, 2.05) is 6.92 Å². The summed E-state index contributed by atoms with van der Waals surface area (Å²) in [7, 11) is 0. The molecule has 0 saturated carbocycles. The first-order chi connectivity index (χ1) is 12.3. The van der Waals surface area contributed by atoms with Gasteiger partial charge in [-0.25, -0.2) is 4.79 Å². The van der Waals surface area contributed by atoms with Crippen LogP contribution in [0.3, 0.4) is 0 Å². The Morgan fingerprint density at radius 2 is 1.69 bits per heavy atom. The summed E-state index contributed by atoms with van der Waals surface area (Å²) in [6, 6.07) is 9.14. The van der Waals surface area contributed by atoms with Crippen molar-refractivity contribution in [2.45, 2.75) is 26.8 Å². The molecule has 0 unspecified atom stereocenters. The highest BCUT2D eigenvalue weighted by Crippen LogP contribution is 2.27. The number of carbonyl (C=O) groups is 3. The van der Waals surface area contributed by atoms with Crippen LogP contribution in [-0.2, 0) is 0 Å². The van der Waals surface area contributed by atoms with E-state index in [4.69, 9.17) is 11.6 Å². The molecule has 0 bridgehead atoms. The smallest absolute Gasteiger partial charge is 0.308 e. The normalized spacial score (nSPS) is 13.2. The molecule has 26 heavy (non-hydrogen) atoms. The van der Waals surface area contributed by atoms with Crippen LogP contribution < -0.4 is 10.6 Å². The zero-order chi connectivity index (χ0) is 19.0. The van der Waals surface area contributed by atoms with Crippen molar-refractivity contribution in [1.82, 2.24) is 4.90 Å². The summed E-state index contributed by atoms with van der Waals surface area (Å²) in [6.07, 6.45) is 0. The van der Waals surface area contributed by atoms with E-state index in [1.165, 1.54) is 11.0 Å². The van der Waals surface area contributed by atoms with Crippen LogP contribution in [0.2, 0.25) is 5.02 Å². The molecule has 2 aromatic carbocycles. The number of hydrogen-bond donors (Lipinski definition) is 2. The minimum atomic E-state index is -0.451. The van der Waals surface area contributed by atoms with Crippen molar-refractivity contribution >= 4 is 40.8 Å². The summed E-state index contributed by atoms with van der Waals surface area (Å²) >= 11 is 5.91. The van der Waals surface area contributed by atoms with Crippen molar-refractivity contribution in [3.8, 4) is 0 Å². The molecule has 0 spiro atoms. The van der Waals surface area contributed by atoms with Gasteiger partial charge in [0.15, 0.2) is 0 Å². The second-order valence-corrected chi connectivity index (χ2v) is 6.81. The third-order valence-electron chi connectivity index (χ3n) is 4.13. The number of rotatable bonds is 3. The first-order valence-electron chi connectivity index (χ1n) is 8.14. The summed E-state index contributed by atoms with van der Waals surface area (Å²) in [5, 5.41) is 5.99. The number of urea groups is 1. The summed E-state index contributed by atoms with van der Waals surface area (Å²) in [5.41, 5.74) is 2.53. The zero-order valence-corrected chi connectivity index (χ0v) is 15.3. The number of fused-ring (bicyclic) bond motifs is 1. The standard InChI is InChI=1S/C19H18ClN3O3/c1-10(2)23-17(24)14-6-5-13(9-15(14)18(23)25)21-19(26)22-16-7-4-12(20)8-11(16)3/h4-10H,1-3H3,(H2,21,22,26). The molecule has 0 aromatic heterocycles. The highest BCUT2D eigenvalue weighted by atomic mass is 35.5. The molecule has 2 aromatic rings. The molecule has 1 aliphatic heterocycles. The van der Waals surface area contributed by atoms with Gasteiger partial charge in [0.05, 0.1) is 11.1 Å². The number of carbonyl (C=O) groups excluding carboxylic acids is 3. The van der Waals surface area contributed by atoms with E-state index in [0.717, 1.165) is 5.56 Å². The Balaban J connectivity index is 1.77. The highest BCUT2D eigenvalue weighted by molar-refractivity contribution is 6.30. The van der Waals surface area contributed by atoms with Crippen molar-refractivity contribution in [3.05, 3.63) is 58.1 Å². The van der Waals surface area contributed by atoms with Gasteiger partial charge in [0.25, 0.3) is 11.8 Å². The minimum Gasteiger partial charge on any atom is -0.308 e. The molecule has 134 valence electrons. The fourth-order valence-electron chi connectivity index (χ4n) is 2.86. The molecule has 1 heterocycles. The predicted octanol–water partition coefficient (Wildman–Crippen LogP) is 4.30. The molecule has 0 saturated heterocycles. The van der Waals surface area contributed by atoms with Crippen LogP contribution in [0.25, 0.3) is 0 Å². The van der Waals surface area contributed by atoms with E-state index < -0.39 is 6.03 Å². The van der Waals surface area contributed by atoms with E-state index in [0.29, 0.717) is 27.5 Å². The van der Waals surface area contributed by atoms with E-state index in [9.17, 15) is 14.4 Å². The second kappa shape index (κ2) is 6.80. The molecular weight excluding hydrogens is 354 g/mol. The van der Waals surface area contributed by atoms with Crippen molar-refractivity contribution in [2.24, 2.45) is 0 Å². The van der Waals surface area contributed by atoms with Gasteiger partial charge in [-0.3, -0.25) is 14.5 Å². The van der Waals surface area contributed by atoms with Crippen LogP contribution in [0, 0.1) is 6.92 Å². The summed E-state index contributed by atoms with van der Waals surface area (Å²) in [5.74, 6) is -0.662. The lowest BCUT2D eigenvalue weighted by atomic mass is 10.1. The molecule has 0 atom stereocenters. The number of nitrogens with one attached hydrogen (secondary N) is 2. The molecule has 0 radical (unpaired) electrons. The predicted molar refractivity (Wildman–Crippen MR) is 101 cm³/mol. The van der Waals surface area contributed by atoms with Crippen LogP contribution >= 0.6 is 11.6 Å². The monoisotopic (exact) mass is 371 g/mol. The van der Waals surface area contributed by atoms with Crippen LogP contribution in [-0.4, -0.2) is 28.8 Å². The topological polar surface area (TPSA) is 78.5 Å². The second-order valence-electron chi connectivity index (χ2n) is 6.37. The van der Waals surface area contributed by atoms with Gasteiger partial charge in [-0.1, -0.05) is 11.6 Å². The Morgan fingerprint density at radius 1 is 1.00 bits per heavy atom. The molecule has 1 aliphatic rings. The quantitative estimate of drug-likeness (QED) is 0.789. The van der Waals surface area contributed by atoms with E-state index in [-0.39, 0.29) is 17.9 Å². The lowest BCUT2D eigenvalue weighted by molar-refractivity contribution is 0.0609.